The van der Waals surface area contributed by atoms with Crippen molar-refractivity contribution < 1.29 is 0 Å². The maximum Gasteiger partial charge on any atom is 0.263 e. The van der Waals surface area contributed by atoms with E-state index in [2.05, 4.69) is 25.8 Å². The average molecular weight is 322 g/mol. The van der Waals surface area contributed by atoms with Crippen LogP contribution in [0.5, 0.6) is 0 Å². The Morgan fingerprint density at radius 3 is 2.76 bits per heavy atom. The SMILES string of the molecule is CCCC(C)(C)n1c(=S)[nH]c2sc3c(c2c1=O)CCCC3. The first-order chi connectivity index (χ1) is 9.95. The summed E-state index contributed by atoms with van der Waals surface area (Å²) in [4.78, 5) is 18.8. The van der Waals surface area contributed by atoms with E-state index >= 15 is 0 Å². The van der Waals surface area contributed by atoms with Gasteiger partial charge in [-0.2, -0.15) is 0 Å². The summed E-state index contributed by atoms with van der Waals surface area (Å²) in [6, 6.07) is 0. The zero-order valence-corrected chi connectivity index (χ0v) is 14.5. The van der Waals surface area contributed by atoms with Crippen LogP contribution in [0.3, 0.4) is 0 Å². The molecule has 1 aliphatic rings. The number of nitrogens with zero attached hydrogens (tertiary/aromatic N) is 1. The molecule has 0 aliphatic heterocycles. The summed E-state index contributed by atoms with van der Waals surface area (Å²) in [6.07, 6.45) is 6.54. The zero-order chi connectivity index (χ0) is 15.2. The van der Waals surface area contributed by atoms with E-state index in [-0.39, 0.29) is 11.1 Å². The summed E-state index contributed by atoms with van der Waals surface area (Å²) in [5.41, 5.74) is 1.14. The molecular formula is C16H22N2OS2. The number of nitrogens with one attached hydrogen (secondary N) is 1. The highest BCUT2D eigenvalue weighted by Crippen LogP contribution is 2.34. The van der Waals surface area contributed by atoms with Gasteiger partial charge in [0.2, 0.25) is 0 Å². The van der Waals surface area contributed by atoms with E-state index in [9.17, 15) is 4.79 Å². The Kier molecular flexibility index (Phi) is 3.82. The lowest BCUT2D eigenvalue weighted by Crippen LogP contribution is -2.37. The number of hydrogen-bond acceptors (Lipinski definition) is 3. The van der Waals surface area contributed by atoms with Gasteiger partial charge in [-0.05, 0) is 63.7 Å². The number of hydrogen-bond donors (Lipinski definition) is 1. The minimum absolute atomic E-state index is 0.103. The molecule has 1 aliphatic carbocycles. The van der Waals surface area contributed by atoms with E-state index in [0.717, 1.165) is 35.9 Å². The van der Waals surface area contributed by atoms with Crippen molar-refractivity contribution in [1.82, 2.24) is 9.55 Å². The molecule has 0 unspecified atom stereocenters. The first-order valence-corrected chi connectivity index (χ1v) is 8.98. The van der Waals surface area contributed by atoms with Crippen LogP contribution in [0.1, 0.15) is 56.9 Å². The van der Waals surface area contributed by atoms with E-state index in [1.165, 1.54) is 23.3 Å². The Morgan fingerprint density at radius 2 is 2.05 bits per heavy atom. The van der Waals surface area contributed by atoms with Crippen LogP contribution in [0, 0.1) is 4.77 Å². The largest absolute Gasteiger partial charge is 0.323 e. The van der Waals surface area contributed by atoms with Gasteiger partial charge in [0.1, 0.15) is 4.83 Å². The molecule has 21 heavy (non-hydrogen) atoms. The second kappa shape index (κ2) is 5.36. The third-order valence-electron chi connectivity index (χ3n) is 4.48. The van der Waals surface area contributed by atoms with Crippen molar-refractivity contribution in [2.24, 2.45) is 0 Å². The maximum absolute atomic E-state index is 13.1. The lowest BCUT2D eigenvalue weighted by Gasteiger charge is -2.27. The number of aryl methyl sites for hydroxylation is 2. The van der Waals surface area contributed by atoms with E-state index < -0.39 is 0 Å². The standard InChI is InChI=1S/C16H22N2OS2/c1-4-9-16(2,3)18-14(19)12-10-7-5-6-8-11(10)21-13(12)17-15(18)20/h4-9H2,1-3H3,(H,17,20). The molecule has 3 rings (SSSR count). The number of H-pyrrole nitrogens is 1. The monoisotopic (exact) mass is 322 g/mol. The maximum atomic E-state index is 13.1. The highest BCUT2D eigenvalue weighted by atomic mass is 32.1. The fraction of sp³-hybridized carbons (Fsp3) is 0.625. The Balaban J connectivity index is 2.33. The zero-order valence-electron chi connectivity index (χ0n) is 12.9. The fourth-order valence-corrected chi connectivity index (χ4v) is 5.29. The molecule has 1 N–H and O–H groups in total. The van der Waals surface area contributed by atoms with E-state index in [4.69, 9.17) is 12.2 Å². The van der Waals surface area contributed by atoms with Crippen molar-refractivity contribution in [2.45, 2.75) is 64.8 Å². The predicted molar refractivity (Wildman–Crippen MR) is 92.1 cm³/mol. The summed E-state index contributed by atoms with van der Waals surface area (Å²) < 4.78 is 2.36. The topological polar surface area (TPSA) is 37.8 Å². The van der Waals surface area contributed by atoms with Crippen molar-refractivity contribution in [3.05, 3.63) is 25.6 Å². The average Bonchev–Trinajstić information content (AvgIpc) is 2.75. The summed E-state index contributed by atoms with van der Waals surface area (Å²) in [7, 11) is 0. The molecule has 2 heterocycles. The van der Waals surface area contributed by atoms with Gasteiger partial charge in [-0.1, -0.05) is 13.3 Å². The van der Waals surface area contributed by atoms with Crippen LogP contribution in [0.15, 0.2) is 4.79 Å². The van der Waals surface area contributed by atoms with Crippen molar-refractivity contribution in [3.63, 3.8) is 0 Å². The van der Waals surface area contributed by atoms with Gasteiger partial charge in [-0.3, -0.25) is 9.36 Å². The van der Waals surface area contributed by atoms with Crippen LogP contribution in [-0.4, -0.2) is 9.55 Å². The summed E-state index contributed by atoms with van der Waals surface area (Å²) in [5, 5.41) is 0.896. The normalized spacial score (nSPS) is 15.4. The summed E-state index contributed by atoms with van der Waals surface area (Å²) in [6.45, 7) is 6.35. The molecule has 3 nitrogen and oxygen atoms in total. The van der Waals surface area contributed by atoms with Gasteiger partial charge in [-0.25, -0.2) is 0 Å². The molecule has 2 aromatic heterocycles. The lowest BCUT2D eigenvalue weighted by atomic mass is 9.96. The smallest absolute Gasteiger partial charge is 0.263 e. The summed E-state index contributed by atoms with van der Waals surface area (Å²) >= 11 is 7.21. The first-order valence-electron chi connectivity index (χ1n) is 7.76. The molecule has 5 heteroatoms. The molecule has 0 saturated heterocycles. The first kappa shape index (κ1) is 15.0. The molecule has 0 aromatic carbocycles. The number of rotatable bonds is 3. The number of fused-ring (bicyclic) bond motifs is 3. The molecule has 0 radical (unpaired) electrons. The van der Waals surface area contributed by atoms with Crippen LogP contribution in [-0.2, 0) is 18.4 Å². The second-order valence-electron chi connectivity index (χ2n) is 6.55. The minimum atomic E-state index is -0.239. The van der Waals surface area contributed by atoms with Gasteiger partial charge in [0.15, 0.2) is 4.77 Å². The molecule has 0 bridgehead atoms. The lowest BCUT2D eigenvalue weighted by molar-refractivity contribution is 0.309. The molecule has 2 aromatic rings. The van der Waals surface area contributed by atoms with E-state index in [0.29, 0.717) is 4.77 Å². The predicted octanol–water partition coefficient (Wildman–Crippen LogP) is 4.53. The second-order valence-corrected chi connectivity index (χ2v) is 8.04. The van der Waals surface area contributed by atoms with Crippen LogP contribution in [0.2, 0.25) is 0 Å². The minimum Gasteiger partial charge on any atom is -0.323 e. The Morgan fingerprint density at radius 1 is 1.33 bits per heavy atom. The molecule has 0 atom stereocenters. The van der Waals surface area contributed by atoms with Crippen LogP contribution >= 0.6 is 23.6 Å². The summed E-state index contributed by atoms with van der Waals surface area (Å²) in [5.74, 6) is 0. The Labute approximate surface area is 134 Å². The van der Waals surface area contributed by atoms with Crippen molar-refractivity contribution in [1.29, 1.82) is 0 Å². The molecule has 114 valence electrons. The number of thiophene rings is 1. The van der Waals surface area contributed by atoms with Gasteiger partial charge >= 0.3 is 0 Å². The molecule has 0 amide bonds. The van der Waals surface area contributed by atoms with Gasteiger partial charge in [0.25, 0.3) is 5.56 Å². The highest BCUT2D eigenvalue weighted by Gasteiger charge is 2.26. The number of aromatic amines is 1. The van der Waals surface area contributed by atoms with Gasteiger partial charge in [0.05, 0.1) is 5.39 Å². The van der Waals surface area contributed by atoms with Crippen molar-refractivity contribution >= 4 is 33.8 Å². The van der Waals surface area contributed by atoms with Crippen molar-refractivity contribution in [2.75, 3.05) is 0 Å². The van der Waals surface area contributed by atoms with Crippen LogP contribution in [0.4, 0.5) is 0 Å². The Bertz CT molecular complexity index is 795. The number of aromatic nitrogens is 2. The third kappa shape index (κ3) is 2.40. The molecule has 0 saturated carbocycles. The quantitative estimate of drug-likeness (QED) is 0.843. The van der Waals surface area contributed by atoms with E-state index in [1.54, 1.807) is 15.9 Å². The fourth-order valence-electron chi connectivity index (χ4n) is 3.51. The van der Waals surface area contributed by atoms with Gasteiger partial charge in [-0.15, -0.1) is 11.3 Å². The molecule has 0 fully saturated rings. The van der Waals surface area contributed by atoms with Crippen molar-refractivity contribution in [3.8, 4) is 0 Å². The molecule has 0 spiro atoms. The van der Waals surface area contributed by atoms with E-state index in [1.807, 2.05) is 0 Å². The van der Waals surface area contributed by atoms with Gasteiger partial charge in [0, 0.05) is 10.4 Å². The Hall–Kier alpha value is -0.940. The molecular weight excluding hydrogens is 300 g/mol. The van der Waals surface area contributed by atoms with Gasteiger partial charge < -0.3 is 4.98 Å². The highest BCUT2D eigenvalue weighted by molar-refractivity contribution is 7.71. The van der Waals surface area contributed by atoms with Crippen LogP contribution < -0.4 is 5.56 Å². The third-order valence-corrected chi connectivity index (χ3v) is 5.97. The van der Waals surface area contributed by atoms with Crippen LogP contribution in [0.25, 0.3) is 10.2 Å².